The minimum atomic E-state index is -0.140. The largest absolute Gasteiger partial charge is 0.497 e. The molecule has 2 aromatic heterocycles. The first-order chi connectivity index (χ1) is 12.7. The molecule has 1 aliphatic rings. The molecule has 0 bridgehead atoms. The fourth-order valence-electron chi connectivity index (χ4n) is 3.47. The van der Waals surface area contributed by atoms with E-state index in [-0.39, 0.29) is 5.69 Å². The molecule has 1 fully saturated rings. The first kappa shape index (κ1) is 16.4. The predicted octanol–water partition coefficient (Wildman–Crippen LogP) is 1.47. The monoisotopic (exact) mass is 354 g/mol. The van der Waals surface area contributed by atoms with Gasteiger partial charge in [-0.2, -0.15) is 0 Å². The van der Waals surface area contributed by atoms with Crippen molar-refractivity contribution >= 4 is 22.7 Å². The Hall–Kier alpha value is -3.03. The molecule has 1 aromatic carbocycles. The number of hydrogen-bond acceptors (Lipinski definition) is 6. The van der Waals surface area contributed by atoms with Gasteiger partial charge in [0, 0.05) is 44.5 Å². The summed E-state index contributed by atoms with van der Waals surface area (Å²) in [6.07, 6.45) is 1.53. The zero-order valence-electron chi connectivity index (χ0n) is 15.0. The molecule has 4 rings (SSSR count). The maximum absolute atomic E-state index is 12.1. The standard InChI is InChI=1S/C18H22N6O2/c1-3-24-17-15(21-18(24)25)16(19-12-20-17)23-9-7-22(8-10-23)13-5-4-6-14(11-13)26-2/h4-6,11-12H,3,7-10H2,1-2H3,(H,21,25). The van der Waals surface area contributed by atoms with Crippen LogP contribution in [0.2, 0.25) is 0 Å². The second kappa shape index (κ2) is 6.70. The number of hydrogen-bond donors (Lipinski definition) is 1. The number of nitrogens with zero attached hydrogens (tertiary/aromatic N) is 5. The number of aromatic nitrogens is 4. The predicted molar refractivity (Wildman–Crippen MR) is 101 cm³/mol. The summed E-state index contributed by atoms with van der Waals surface area (Å²) < 4.78 is 6.95. The lowest BCUT2D eigenvalue weighted by Gasteiger charge is -2.36. The Labute approximate surface area is 151 Å². The van der Waals surface area contributed by atoms with Crippen LogP contribution in [0, 0.1) is 0 Å². The minimum absolute atomic E-state index is 0.140. The number of fused-ring (bicyclic) bond motifs is 1. The second-order valence-corrected chi connectivity index (χ2v) is 6.25. The Kier molecular flexibility index (Phi) is 4.24. The van der Waals surface area contributed by atoms with Gasteiger partial charge in [0.15, 0.2) is 11.5 Å². The Morgan fingerprint density at radius 2 is 1.92 bits per heavy atom. The zero-order valence-corrected chi connectivity index (χ0v) is 15.0. The van der Waals surface area contributed by atoms with E-state index in [1.54, 1.807) is 11.7 Å². The van der Waals surface area contributed by atoms with Crippen molar-refractivity contribution in [1.82, 2.24) is 19.5 Å². The van der Waals surface area contributed by atoms with Crippen LogP contribution in [0.4, 0.5) is 11.5 Å². The molecule has 26 heavy (non-hydrogen) atoms. The van der Waals surface area contributed by atoms with Gasteiger partial charge in [0.05, 0.1) is 7.11 Å². The molecular formula is C18H22N6O2. The highest BCUT2D eigenvalue weighted by Crippen LogP contribution is 2.25. The van der Waals surface area contributed by atoms with Crippen LogP contribution < -0.4 is 20.2 Å². The minimum Gasteiger partial charge on any atom is -0.497 e. The lowest BCUT2D eigenvalue weighted by atomic mass is 10.2. The summed E-state index contributed by atoms with van der Waals surface area (Å²) in [6, 6.07) is 8.11. The maximum atomic E-state index is 12.1. The van der Waals surface area contributed by atoms with E-state index in [4.69, 9.17) is 4.74 Å². The maximum Gasteiger partial charge on any atom is 0.327 e. The number of ether oxygens (including phenoxy) is 1. The van der Waals surface area contributed by atoms with E-state index in [1.807, 2.05) is 19.1 Å². The molecule has 0 unspecified atom stereocenters. The van der Waals surface area contributed by atoms with Gasteiger partial charge in [0.25, 0.3) is 0 Å². The molecule has 8 heteroatoms. The van der Waals surface area contributed by atoms with Crippen molar-refractivity contribution in [2.24, 2.45) is 0 Å². The molecule has 1 aliphatic heterocycles. The second-order valence-electron chi connectivity index (χ2n) is 6.25. The van der Waals surface area contributed by atoms with E-state index < -0.39 is 0 Å². The fraction of sp³-hybridized carbons (Fsp3) is 0.389. The molecule has 0 radical (unpaired) electrons. The molecule has 0 amide bonds. The van der Waals surface area contributed by atoms with Gasteiger partial charge < -0.3 is 19.5 Å². The van der Waals surface area contributed by atoms with Gasteiger partial charge in [-0.15, -0.1) is 0 Å². The van der Waals surface area contributed by atoms with Crippen molar-refractivity contribution in [3.05, 3.63) is 41.1 Å². The number of H-pyrrole nitrogens is 1. The SMILES string of the molecule is CCn1c(=O)[nH]c2c(N3CCN(c4cccc(OC)c4)CC3)ncnc21. The van der Waals surface area contributed by atoms with Crippen molar-refractivity contribution in [2.75, 3.05) is 43.1 Å². The Morgan fingerprint density at radius 3 is 2.65 bits per heavy atom. The Bertz CT molecular complexity index is 971. The van der Waals surface area contributed by atoms with Gasteiger partial charge in [-0.25, -0.2) is 14.8 Å². The number of rotatable bonds is 4. The van der Waals surface area contributed by atoms with Gasteiger partial charge in [-0.1, -0.05) is 6.07 Å². The van der Waals surface area contributed by atoms with Crippen molar-refractivity contribution in [3.8, 4) is 5.75 Å². The van der Waals surface area contributed by atoms with Gasteiger partial charge in [0.2, 0.25) is 0 Å². The Morgan fingerprint density at radius 1 is 1.15 bits per heavy atom. The molecular weight excluding hydrogens is 332 g/mol. The lowest BCUT2D eigenvalue weighted by molar-refractivity contribution is 0.414. The van der Waals surface area contributed by atoms with Gasteiger partial charge >= 0.3 is 5.69 Å². The average Bonchev–Trinajstić information content (AvgIpc) is 3.03. The molecule has 1 N–H and O–H groups in total. The Balaban J connectivity index is 1.57. The summed E-state index contributed by atoms with van der Waals surface area (Å²) in [4.78, 5) is 28.3. The number of piperazine rings is 1. The van der Waals surface area contributed by atoms with Crippen LogP contribution in [0.1, 0.15) is 6.92 Å². The summed E-state index contributed by atoms with van der Waals surface area (Å²) >= 11 is 0. The molecule has 1 saturated heterocycles. The molecule has 3 heterocycles. The number of aromatic amines is 1. The van der Waals surface area contributed by atoms with Crippen molar-refractivity contribution in [3.63, 3.8) is 0 Å². The van der Waals surface area contributed by atoms with Gasteiger partial charge in [-0.05, 0) is 19.1 Å². The topological polar surface area (TPSA) is 79.3 Å². The number of anilines is 2. The molecule has 3 aromatic rings. The van der Waals surface area contributed by atoms with Gasteiger partial charge in [0.1, 0.15) is 17.6 Å². The van der Waals surface area contributed by atoms with Gasteiger partial charge in [-0.3, -0.25) is 4.57 Å². The molecule has 0 spiro atoms. The summed E-state index contributed by atoms with van der Waals surface area (Å²) in [5.74, 6) is 1.66. The smallest absolute Gasteiger partial charge is 0.327 e. The van der Waals surface area contributed by atoms with E-state index in [0.717, 1.165) is 43.4 Å². The van der Waals surface area contributed by atoms with Crippen molar-refractivity contribution < 1.29 is 4.74 Å². The number of aryl methyl sites for hydroxylation is 1. The third kappa shape index (κ3) is 2.77. The van der Waals surface area contributed by atoms with Crippen LogP contribution in [0.5, 0.6) is 5.75 Å². The highest BCUT2D eigenvalue weighted by molar-refractivity contribution is 5.83. The zero-order chi connectivity index (χ0) is 18.1. The van der Waals surface area contributed by atoms with Crippen LogP contribution in [-0.4, -0.2) is 52.8 Å². The third-order valence-electron chi connectivity index (χ3n) is 4.85. The van der Waals surface area contributed by atoms with Crippen LogP contribution in [-0.2, 0) is 6.54 Å². The fourth-order valence-corrected chi connectivity index (χ4v) is 3.47. The van der Waals surface area contributed by atoms with E-state index >= 15 is 0 Å². The van der Waals surface area contributed by atoms with Crippen LogP contribution in [0.3, 0.4) is 0 Å². The van der Waals surface area contributed by atoms with E-state index in [1.165, 1.54) is 6.33 Å². The normalized spacial score (nSPS) is 14.8. The van der Waals surface area contributed by atoms with Crippen LogP contribution >= 0.6 is 0 Å². The number of imidazole rings is 1. The number of nitrogens with one attached hydrogen (secondary N) is 1. The van der Waals surface area contributed by atoms with Crippen LogP contribution in [0.15, 0.2) is 35.4 Å². The van der Waals surface area contributed by atoms with E-state index in [9.17, 15) is 4.79 Å². The van der Waals surface area contributed by atoms with Crippen LogP contribution in [0.25, 0.3) is 11.2 Å². The first-order valence-electron chi connectivity index (χ1n) is 8.78. The summed E-state index contributed by atoms with van der Waals surface area (Å²) in [6.45, 7) is 5.91. The molecule has 0 atom stereocenters. The molecule has 8 nitrogen and oxygen atoms in total. The van der Waals surface area contributed by atoms with Crippen molar-refractivity contribution in [2.45, 2.75) is 13.5 Å². The first-order valence-corrected chi connectivity index (χ1v) is 8.78. The highest BCUT2D eigenvalue weighted by atomic mass is 16.5. The quantitative estimate of drug-likeness (QED) is 0.764. The third-order valence-corrected chi connectivity index (χ3v) is 4.85. The molecule has 0 saturated carbocycles. The van der Waals surface area contributed by atoms with Crippen molar-refractivity contribution in [1.29, 1.82) is 0 Å². The highest BCUT2D eigenvalue weighted by Gasteiger charge is 2.22. The number of methoxy groups -OCH3 is 1. The molecule has 0 aliphatic carbocycles. The summed E-state index contributed by atoms with van der Waals surface area (Å²) in [7, 11) is 1.68. The van der Waals surface area contributed by atoms with E-state index in [0.29, 0.717) is 17.7 Å². The summed E-state index contributed by atoms with van der Waals surface area (Å²) in [5, 5.41) is 0. The lowest BCUT2D eigenvalue weighted by Crippen LogP contribution is -2.47. The molecule has 136 valence electrons. The number of benzene rings is 1. The summed E-state index contributed by atoms with van der Waals surface area (Å²) in [5.41, 5.74) is 2.40. The van der Waals surface area contributed by atoms with E-state index in [2.05, 4.69) is 36.9 Å². The average molecular weight is 354 g/mol.